The van der Waals surface area contributed by atoms with Gasteiger partial charge in [-0.05, 0) is 18.6 Å². The summed E-state index contributed by atoms with van der Waals surface area (Å²) in [6.45, 7) is 1.18. The highest BCUT2D eigenvalue weighted by Crippen LogP contribution is 2.01. The van der Waals surface area contributed by atoms with Crippen molar-refractivity contribution in [1.82, 2.24) is 0 Å². The summed E-state index contributed by atoms with van der Waals surface area (Å²) < 4.78 is 0. The Kier molecular flexibility index (Phi) is 3.94. The summed E-state index contributed by atoms with van der Waals surface area (Å²) >= 11 is 0. The highest BCUT2D eigenvalue weighted by atomic mass is 16.3. The SMILES string of the molecule is CC(=O)C(O)C(=O)C=Cc1ccccc1. The molecule has 1 aromatic rings. The molecular formula is C12H12O3. The van der Waals surface area contributed by atoms with Crippen LogP contribution in [0.5, 0.6) is 0 Å². The molecule has 0 aliphatic carbocycles. The number of aliphatic hydroxyl groups excluding tert-OH is 1. The molecule has 0 saturated carbocycles. The van der Waals surface area contributed by atoms with Gasteiger partial charge in [-0.1, -0.05) is 36.4 Å². The summed E-state index contributed by atoms with van der Waals surface area (Å²) in [5, 5.41) is 9.12. The molecule has 1 atom stereocenters. The Morgan fingerprint density at radius 1 is 1.27 bits per heavy atom. The van der Waals surface area contributed by atoms with Gasteiger partial charge < -0.3 is 5.11 Å². The smallest absolute Gasteiger partial charge is 0.191 e. The molecule has 0 radical (unpaired) electrons. The van der Waals surface area contributed by atoms with Crippen molar-refractivity contribution in [3.63, 3.8) is 0 Å². The number of hydrogen-bond acceptors (Lipinski definition) is 3. The van der Waals surface area contributed by atoms with E-state index >= 15 is 0 Å². The van der Waals surface area contributed by atoms with Crippen LogP contribution < -0.4 is 0 Å². The first-order chi connectivity index (χ1) is 7.11. The molecule has 78 valence electrons. The zero-order valence-electron chi connectivity index (χ0n) is 8.38. The second kappa shape index (κ2) is 5.22. The van der Waals surface area contributed by atoms with Crippen molar-refractivity contribution in [2.45, 2.75) is 13.0 Å². The van der Waals surface area contributed by atoms with Crippen molar-refractivity contribution < 1.29 is 14.7 Å². The van der Waals surface area contributed by atoms with E-state index in [1.165, 1.54) is 13.0 Å². The molecular weight excluding hydrogens is 192 g/mol. The molecule has 3 nitrogen and oxygen atoms in total. The van der Waals surface area contributed by atoms with Gasteiger partial charge in [-0.3, -0.25) is 9.59 Å². The van der Waals surface area contributed by atoms with Crippen molar-refractivity contribution >= 4 is 17.6 Å². The van der Waals surface area contributed by atoms with Crippen LogP contribution in [-0.2, 0) is 9.59 Å². The Balaban J connectivity index is 2.67. The summed E-state index contributed by atoms with van der Waals surface area (Å²) in [6.07, 6.45) is 1.24. The predicted molar refractivity (Wildman–Crippen MR) is 57.2 cm³/mol. The number of carbonyl (C=O) groups is 2. The van der Waals surface area contributed by atoms with Gasteiger partial charge >= 0.3 is 0 Å². The van der Waals surface area contributed by atoms with Crippen LogP contribution >= 0.6 is 0 Å². The van der Waals surface area contributed by atoms with Crippen molar-refractivity contribution in [2.75, 3.05) is 0 Å². The normalized spacial score (nSPS) is 12.7. The molecule has 0 bridgehead atoms. The minimum absolute atomic E-state index is 0.544. The van der Waals surface area contributed by atoms with Gasteiger partial charge in [0.25, 0.3) is 0 Å². The number of ketones is 2. The highest BCUT2D eigenvalue weighted by molar-refractivity contribution is 6.10. The molecule has 1 unspecified atom stereocenters. The quantitative estimate of drug-likeness (QED) is 0.592. The largest absolute Gasteiger partial charge is 0.377 e. The lowest BCUT2D eigenvalue weighted by Gasteiger charge is -2.00. The van der Waals surface area contributed by atoms with E-state index in [-0.39, 0.29) is 0 Å². The Bertz CT molecular complexity index is 379. The molecule has 15 heavy (non-hydrogen) atoms. The third-order valence-corrected chi connectivity index (χ3v) is 1.89. The van der Waals surface area contributed by atoms with E-state index in [0.717, 1.165) is 5.56 Å². The zero-order chi connectivity index (χ0) is 11.3. The number of rotatable bonds is 4. The fourth-order valence-corrected chi connectivity index (χ4v) is 1.03. The number of aliphatic hydroxyl groups is 1. The standard InChI is InChI=1S/C12H12O3/c1-9(13)12(15)11(14)8-7-10-5-3-2-4-6-10/h2-8,12,15H,1H3. The van der Waals surface area contributed by atoms with Crippen LogP contribution in [0.1, 0.15) is 12.5 Å². The minimum atomic E-state index is -1.54. The molecule has 1 N–H and O–H groups in total. The first-order valence-corrected chi connectivity index (χ1v) is 4.57. The van der Waals surface area contributed by atoms with E-state index in [9.17, 15) is 9.59 Å². The number of hydrogen-bond donors (Lipinski definition) is 1. The van der Waals surface area contributed by atoms with Gasteiger partial charge in [0.1, 0.15) is 0 Å². The van der Waals surface area contributed by atoms with E-state index in [4.69, 9.17) is 5.11 Å². The summed E-state index contributed by atoms with van der Waals surface area (Å²) in [7, 11) is 0. The van der Waals surface area contributed by atoms with Gasteiger partial charge in [0.2, 0.25) is 0 Å². The Labute approximate surface area is 88.0 Å². The van der Waals surface area contributed by atoms with Gasteiger partial charge in [0.15, 0.2) is 17.7 Å². The van der Waals surface area contributed by atoms with E-state index in [1.54, 1.807) is 6.08 Å². The van der Waals surface area contributed by atoms with E-state index < -0.39 is 17.7 Å². The third kappa shape index (κ3) is 3.48. The second-order valence-electron chi connectivity index (χ2n) is 3.16. The lowest BCUT2D eigenvalue weighted by molar-refractivity contribution is -0.134. The van der Waals surface area contributed by atoms with Crippen molar-refractivity contribution in [3.05, 3.63) is 42.0 Å². The Hall–Kier alpha value is -1.74. The average molecular weight is 204 g/mol. The first-order valence-electron chi connectivity index (χ1n) is 4.57. The van der Waals surface area contributed by atoms with Crippen LogP contribution in [0.2, 0.25) is 0 Å². The molecule has 0 heterocycles. The van der Waals surface area contributed by atoms with Crippen molar-refractivity contribution in [3.8, 4) is 0 Å². The van der Waals surface area contributed by atoms with Crippen LogP contribution in [0, 0.1) is 0 Å². The molecule has 1 rings (SSSR count). The Morgan fingerprint density at radius 2 is 1.87 bits per heavy atom. The van der Waals surface area contributed by atoms with Crippen molar-refractivity contribution in [2.24, 2.45) is 0 Å². The summed E-state index contributed by atoms with van der Waals surface area (Å²) in [5.41, 5.74) is 0.849. The van der Waals surface area contributed by atoms with Gasteiger partial charge in [-0.25, -0.2) is 0 Å². The van der Waals surface area contributed by atoms with Gasteiger partial charge in [0, 0.05) is 0 Å². The topological polar surface area (TPSA) is 54.4 Å². The molecule has 1 aromatic carbocycles. The molecule has 3 heteroatoms. The Morgan fingerprint density at radius 3 is 2.40 bits per heavy atom. The predicted octanol–water partition coefficient (Wildman–Crippen LogP) is 1.22. The summed E-state index contributed by atoms with van der Waals surface area (Å²) in [5.74, 6) is -1.14. The number of Topliss-reactive ketones (excluding diaryl/α,β-unsaturated/α-hetero) is 1. The molecule has 0 amide bonds. The van der Waals surface area contributed by atoms with Crippen LogP contribution in [0.25, 0.3) is 6.08 Å². The first kappa shape index (κ1) is 11.3. The van der Waals surface area contributed by atoms with Crippen LogP contribution in [-0.4, -0.2) is 22.8 Å². The van der Waals surface area contributed by atoms with E-state index in [1.807, 2.05) is 30.3 Å². The molecule has 0 aromatic heterocycles. The molecule has 0 fully saturated rings. The van der Waals surface area contributed by atoms with Crippen LogP contribution in [0.3, 0.4) is 0 Å². The van der Waals surface area contributed by atoms with Crippen molar-refractivity contribution in [1.29, 1.82) is 0 Å². The molecule has 0 saturated heterocycles. The van der Waals surface area contributed by atoms with Gasteiger partial charge in [-0.2, -0.15) is 0 Å². The lowest BCUT2D eigenvalue weighted by Crippen LogP contribution is -2.25. The maximum absolute atomic E-state index is 11.2. The summed E-state index contributed by atoms with van der Waals surface area (Å²) in [4.78, 5) is 21.9. The van der Waals surface area contributed by atoms with Gasteiger partial charge in [-0.15, -0.1) is 0 Å². The fourth-order valence-electron chi connectivity index (χ4n) is 1.03. The fraction of sp³-hybridized carbons (Fsp3) is 0.167. The number of carbonyl (C=O) groups excluding carboxylic acids is 2. The second-order valence-corrected chi connectivity index (χ2v) is 3.16. The maximum atomic E-state index is 11.2. The lowest BCUT2D eigenvalue weighted by atomic mass is 10.1. The molecule has 0 aliphatic rings. The summed E-state index contributed by atoms with van der Waals surface area (Å²) in [6, 6.07) is 9.19. The van der Waals surface area contributed by atoms with Crippen LogP contribution in [0.15, 0.2) is 36.4 Å². The number of benzene rings is 1. The average Bonchev–Trinajstić information content (AvgIpc) is 2.26. The molecule has 0 aliphatic heterocycles. The maximum Gasteiger partial charge on any atom is 0.191 e. The monoisotopic (exact) mass is 204 g/mol. The van der Waals surface area contributed by atoms with E-state index in [0.29, 0.717) is 0 Å². The zero-order valence-corrected chi connectivity index (χ0v) is 8.38. The minimum Gasteiger partial charge on any atom is -0.377 e. The molecule has 0 spiro atoms. The third-order valence-electron chi connectivity index (χ3n) is 1.89. The van der Waals surface area contributed by atoms with E-state index in [2.05, 4.69) is 0 Å². The van der Waals surface area contributed by atoms with Crippen LogP contribution in [0.4, 0.5) is 0 Å². The highest BCUT2D eigenvalue weighted by Gasteiger charge is 2.16. The van der Waals surface area contributed by atoms with Gasteiger partial charge in [0.05, 0.1) is 0 Å².